The summed E-state index contributed by atoms with van der Waals surface area (Å²) in [5, 5.41) is 8.80. The van der Waals surface area contributed by atoms with Crippen LogP contribution in [0.3, 0.4) is 0 Å². The van der Waals surface area contributed by atoms with Gasteiger partial charge < -0.3 is 14.4 Å². The molecule has 102 valence electrons. The summed E-state index contributed by atoms with van der Waals surface area (Å²) >= 11 is 0. The first-order valence-corrected chi connectivity index (χ1v) is 6.47. The van der Waals surface area contributed by atoms with Crippen LogP contribution in [0.5, 0.6) is 0 Å². The summed E-state index contributed by atoms with van der Waals surface area (Å²) in [6, 6.07) is 3.50. The van der Waals surface area contributed by atoms with Crippen molar-refractivity contribution in [2.24, 2.45) is 0 Å². The van der Waals surface area contributed by atoms with Crippen LogP contribution < -0.4 is 0 Å². The number of nitrogens with zero attached hydrogens (tertiary/aromatic N) is 2. The van der Waals surface area contributed by atoms with Crippen molar-refractivity contribution in [3.63, 3.8) is 0 Å². The Morgan fingerprint density at radius 1 is 1.42 bits per heavy atom. The maximum atomic E-state index is 11.6. The molecule has 1 aromatic heterocycles. The van der Waals surface area contributed by atoms with Crippen molar-refractivity contribution in [1.29, 1.82) is 0 Å². The molecule has 0 aromatic carbocycles. The van der Waals surface area contributed by atoms with E-state index in [1.165, 1.54) is 6.07 Å². The SMILES string of the molecule is O=C(O)c1ccc(CN2CCN3C(=O)CCC3C2)o1. The van der Waals surface area contributed by atoms with Crippen LogP contribution in [0.15, 0.2) is 16.5 Å². The van der Waals surface area contributed by atoms with E-state index in [0.29, 0.717) is 24.8 Å². The molecule has 2 fully saturated rings. The Kier molecular flexibility index (Phi) is 3.02. The van der Waals surface area contributed by atoms with Crippen LogP contribution in [0.1, 0.15) is 29.2 Å². The molecular formula is C13H16N2O4. The van der Waals surface area contributed by atoms with Crippen molar-refractivity contribution in [2.75, 3.05) is 19.6 Å². The van der Waals surface area contributed by atoms with Crippen molar-refractivity contribution in [1.82, 2.24) is 9.80 Å². The highest BCUT2D eigenvalue weighted by Gasteiger charge is 2.35. The van der Waals surface area contributed by atoms with Gasteiger partial charge in [0.05, 0.1) is 6.54 Å². The third-order valence-electron chi connectivity index (χ3n) is 3.83. The second-order valence-corrected chi connectivity index (χ2v) is 5.09. The monoisotopic (exact) mass is 264 g/mol. The molecule has 2 aliphatic heterocycles. The smallest absolute Gasteiger partial charge is 0.371 e. The number of aromatic carboxylic acids is 1. The first-order valence-electron chi connectivity index (χ1n) is 6.47. The van der Waals surface area contributed by atoms with Gasteiger partial charge in [0, 0.05) is 32.1 Å². The van der Waals surface area contributed by atoms with Gasteiger partial charge in [0.15, 0.2) is 0 Å². The summed E-state index contributed by atoms with van der Waals surface area (Å²) in [6.45, 7) is 3.02. The molecule has 0 spiro atoms. The molecule has 0 saturated carbocycles. The third-order valence-corrected chi connectivity index (χ3v) is 3.83. The minimum absolute atomic E-state index is 0.0234. The summed E-state index contributed by atoms with van der Waals surface area (Å²) in [7, 11) is 0. The number of carboxylic acid groups (broad SMARTS) is 1. The van der Waals surface area contributed by atoms with Gasteiger partial charge in [0.2, 0.25) is 11.7 Å². The van der Waals surface area contributed by atoms with E-state index in [1.54, 1.807) is 6.07 Å². The Morgan fingerprint density at radius 3 is 3.00 bits per heavy atom. The van der Waals surface area contributed by atoms with E-state index in [4.69, 9.17) is 9.52 Å². The van der Waals surface area contributed by atoms with Gasteiger partial charge in [0.1, 0.15) is 5.76 Å². The van der Waals surface area contributed by atoms with E-state index < -0.39 is 5.97 Å². The summed E-state index contributed by atoms with van der Waals surface area (Å²) in [6.07, 6.45) is 1.58. The second-order valence-electron chi connectivity index (χ2n) is 5.09. The number of carbonyl (C=O) groups excluding carboxylic acids is 1. The molecule has 0 radical (unpaired) electrons. The van der Waals surface area contributed by atoms with Crippen molar-refractivity contribution in [3.05, 3.63) is 23.7 Å². The summed E-state index contributed by atoms with van der Waals surface area (Å²) < 4.78 is 5.26. The molecule has 2 aliphatic rings. The van der Waals surface area contributed by atoms with E-state index in [2.05, 4.69) is 4.90 Å². The molecule has 1 atom stereocenters. The fourth-order valence-corrected chi connectivity index (χ4v) is 2.87. The number of piperazine rings is 1. The number of hydrogen-bond acceptors (Lipinski definition) is 4. The highest BCUT2D eigenvalue weighted by atomic mass is 16.4. The molecule has 3 rings (SSSR count). The average molecular weight is 264 g/mol. The van der Waals surface area contributed by atoms with Gasteiger partial charge in [-0.05, 0) is 18.6 Å². The van der Waals surface area contributed by atoms with Gasteiger partial charge in [-0.3, -0.25) is 9.69 Å². The zero-order valence-corrected chi connectivity index (χ0v) is 10.5. The standard InChI is InChI=1S/C13H16N2O4/c16-12-4-1-9-7-14(5-6-15(9)12)8-10-2-3-11(19-10)13(17)18/h2-3,9H,1,4-8H2,(H,17,18). The van der Waals surface area contributed by atoms with Gasteiger partial charge >= 0.3 is 5.97 Å². The first-order chi connectivity index (χ1) is 9.13. The normalized spacial score (nSPS) is 23.7. The van der Waals surface area contributed by atoms with Crippen LogP contribution in [0.4, 0.5) is 0 Å². The molecule has 6 nitrogen and oxygen atoms in total. The van der Waals surface area contributed by atoms with Gasteiger partial charge in [-0.15, -0.1) is 0 Å². The highest BCUT2D eigenvalue weighted by molar-refractivity contribution is 5.84. The minimum atomic E-state index is -1.04. The molecule has 3 heterocycles. The zero-order valence-electron chi connectivity index (χ0n) is 10.5. The van der Waals surface area contributed by atoms with E-state index in [-0.39, 0.29) is 11.7 Å². The Morgan fingerprint density at radius 2 is 2.26 bits per heavy atom. The molecule has 1 N–H and O–H groups in total. The van der Waals surface area contributed by atoms with Crippen LogP contribution in [-0.2, 0) is 11.3 Å². The van der Waals surface area contributed by atoms with Gasteiger partial charge in [-0.1, -0.05) is 0 Å². The second kappa shape index (κ2) is 4.70. The fraction of sp³-hybridized carbons (Fsp3) is 0.538. The molecule has 19 heavy (non-hydrogen) atoms. The molecule has 0 bridgehead atoms. The highest BCUT2D eigenvalue weighted by Crippen LogP contribution is 2.24. The van der Waals surface area contributed by atoms with E-state index >= 15 is 0 Å². The number of amides is 1. The van der Waals surface area contributed by atoms with Crippen molar-refractivity contribution < 1.29 is 19.1 Å². The zero-order chi connectivity index (χ0) is 13.4. The summed E-state index contributed by atoms with van der Waals surface area (Å²) in [4.78, 5) is 26.5. The van der Waals surface area contributed by atoms with Crippen molar-refractivity contribution >= 4 is 11.9 Å². The number of carboxylic acids is 1. The number of furan rings is 1. The maximum absolute atomic E-state index is 11.6. The molecule has 0 aliphatic carbocycles. The lowest BCUT2D eigenvalue weighted by Gasteiger charge is -2.37. The fourth-order valence-electron chi connectivity index (χ4n) is 2.87. The molecule has 1 unspecified atom stereocenters. The lowest BCUT2D eigenvalue weighted by Crippen LogP contribution is -2.50. The van der Waals surface area contributed by atoms with Crippen LogP contribution in [-0.4, -0.2) is 52.5 Å². The number of carbonyl (C=O) groups is 2. The molecule has 1 aromatic rings. The summed E-state index contributed by atoms with van der Waals surface area (Å²) in [5.74, 6) is -0.145. The van der Waals surface area contributed by atoms with Crippen LogP contribution in [0.2, 0.25) is 0 Å². The van der Waals surface area contributed by atoms with E-state index in [9.17, 15) is 9.59 Å². The number of fused-ring (bicyclic) bond motifs is 1. The Bertz CT molecular complexity index is 510. The van der Waals surface area contributed by atoms with Crippen molar-refractivity contribution in [3.8, 4) is 0 Å². The molecule has 2 saturated heterocycles. The predicted octanol–water partition coefficient (Wildman–Crippen LogP) is 0.784. The van der Waals surface area contributed by atoms with Gasteiger partial charge in [0.25, 0.3) is 0 Å². The Labute approximate surface area is 110 Å². The predicted molar refractivity (Wildman–Crippen MR) is 65.7 cm³/mol. The summed E-state index contributed by atoms with van der Waals surface area (Å²) in [5.41, 5.74) is 0. The minimum Gasteiger partial charge on any atom is -0.475 e. The molecular weight excluding hydrogens is 248 g/mol. The third kappa shape index (κ3) is 2.35. The topological polar surface area (TPSA) is 74.0 Å². The Balaban J connectivity index is 1.61. The first kappa shape index (κ1) is 12.2. The van der Waals surface area contributed by atoms with Crippen LogP contribution >= 0.6 is 0 Å². The van der Waals surface area contributed by atoms with E-state index in [0.717, 1.165) is 26.1 Å². The average Bonchev–Trinajstić information content (AvgIpc) is 2.97. The quantitative estimate of drug-likeness (QED) is 0.873. The Hall–Kier alpha value is -1.82. The van der Waals surface area contributed by atoms with Gasteiger partial charge in [-0.25, -0.2) is 4.79 Å². The maximum Gasteiger partial charge on any atom is 0.371 e. The lowest BCUT2D eigenvalue weighted by molar-refractivity contribution is -0.130. The number of rotatable bonds is 3. The molecule has 1 amide bonds. The van der Waals surface area contributed by atoms with Crippen LogP contribution in [0, 0.1) is 0 Å². The molecule has 6 heteroatoms. The van der Waals surface area contributed by atoms with Gasteiger partial charge in [-0.2, -0.15) is 0 Å². The van der Waals surface area contributed by atoms with Crippen molar-refractivity contribution in [2.45, 2.75) is 25.4 Å². The van der Waals surface area contributed by atoms with E-state index in [1.807, 2.05) is 4.90 Å². The lowest BCUT2D eigenvalue weighted by atomic mass is 10.1. The number of hydrogen-bond donors (Lipinski definition) is 1. The largest absolute Gasteiger partial charge is 0.475 e. The van der Waals surface area contributed by atoms with Crippen LogP contribution in [0.25, 0.3) is 0 Å².